The summed E-state index contributed by atoms with van der Waals surface area (Å²) >= 11 is 8.01. The summed E-state index contributed by atoms with van der Waals surface area (Å²) in [7, 11) is 0. The van der Waals surface area contributed by atoms with Crippen LogP contribution in [-0.4, -0.2) is 32.7 Å². The number of carbonyl (C=O) groups excluding carboxylic acids is 1. The van der Waals surface area contributed by atoms with E-state index in [2.05, 4.69) is 20.3 Å². The van der Waals surface area contributed by atoms with Gasteiger partial charge in [0.15, 0.2) is 11.0 Å². The van der Waals surface area contributed by atoms with Crippen molar-refractivity contribution in [3.63, 3.8) is 0 Å². The van der Waals surface area contributed by atoms with E-state index >= 15 is 0 Å². The van der Waals surface area contributed by atoms with E-state index < -0.39 is 0 Å². The summed E-state index contributed by atoms with van der Waals surface area (Å²) in [5.41, 5.74) is 8.86. The van der Waals surface area contributed by atoms with Gasteiger partial charge in [0, 0.05) is 23.8 Å². The van der Waals surface area contributed by atoms with Crippen molar-refractivity contribution in [1.29, 1.82) is 0 Å². The zero-order chi connectivity index (χ0) is 21.3. The lowest BCUT2D eigenvalue weighted by molar-refractivity contribution is -0.121. The molecule has 0 unspecified atom stereocenters. The molecule has 0 aliphatic carbocycles. The van der Waals surface area contributed by atoms with Gasteiger partial charge in [-0.2, -0.15) is 9.97 Å². The van der Waals surface area contributed by atoms with Crippen LogP contribution < -0.4 is 11.1 Å². The fraction of sp³-hybridized carbons (Fsp3) is 0.333. The number of ether oxygens (including phenoxy) is 1. The predicted octanol–water partition coefficient (Wildman–Crippen LogP) is 3.96. The lowest BCUT2D eigenvalue weighted by atomic mass is 9.94. The van der Waals surface area contributed by atoms with Crippen molar-refractivity contribution in [3.8, 4) is 11.4 Å². The Hall–Kier alpha value is -2.42. The van der Waals surface area contributed by atoms with Crippen LogP contribution in [0, 0.1) is 0 Å². The quantitative estimate of drug-likeness (QED) is 0.555. The minimum Gasteiger partial charge on any atom is -0.372 e. The number of rotatable bonds is 6. The van der Waals surface area contributed by atoms with Crippen molar-refractivity contribution in [2.75, 3.05) is 11.5 Å². The molecule has 156 valence electrons. The fourth-order valence-corrected chi connectivity index (χ4v) is 4.62. The van der Waals surface area contributed by atoms with Gasteiger partial charge in [-0.25, -0.2) is 4.98 Å². The summed E-state index contributed by atoms with van der Waals surface area (Å²) in [5.74, 6) is 1.08. The summed E-state index contributed by atoms with van der Waals surface area (Å²) in [5, 5.41) is 5.97. The van der Waals surface area contributed by atoms with E-state index in [9.17, 15) is 4.79 Å². The van der Waals surface area contributed by atoms with E-state index in [1.807, 2.05) is 38.1 Å². The van der Waals surface area contributed by atoms with E-state index in [0.29, 0.717) is 41.4 Å². The van der Waals surface area contributed by atoms with Crippen LogP contribution in [0.15, 0.2) is 29.4 Å². The first kappa shape index (κ1) is 20.8. The number of halogens is 1. The molecule has 0 spiro atoms. The molecule has 0 fully saturated rings. The molecule has 3 N–H and O–H groups in total. The molecule has 0 atom stereocenters. The Morgan fingerprint density at radius 3 is 2.87 bits per heavy atom. The first-order valence-corrected chi connectivity index (χ1v) is 11.0. The van der Waals surface area contributed by atoms with Gasteiger partial charge in [0.2, 0.25) is 11.9 Å². The second-order valence-corrected chi connectivity index (χ2v) is 8.81. The van der Waals surface area contributed by atoms with Crippen LogP contribution in [-0.2, 0) is 22.7 Å². The van der Waals surface area contributed by atoms with Gasteiger partial charge in [0.1, 0.15) is 0 Å². The predicted molar refractivity (Wildman–Crippen MR) is 119 cm³/mol. The average Bonchev–Trinajstić information content (AvgIpc) is 2.67. The highest BCUT2D eigenvalue weighted by atomic mass is 35.5. The van der Waals surface area contributed by atoms with Gasteiger partial charge in [0.05, 0.1) is 18.2 Å². The van der Waals surface area contributed by atoms with Crippen LogP contribution in [0.3, 0.4) is 0 Å². The molecule has 30 heavy (non-hydrogen) atoms. The highest BCUT2D eigenvalue weighted by Gasteiger charge is 2.21. The zero-order valence-corrected chi connectivity index (χ0v) is 18.3. The normalized spacial score (nSPS) is 13.1. The molecule has 0 radical (unpaired) electrons. The minimum atomic E-state index is -0.00594. The van der Waals surface area contributed by atoms with E-state index in [0.717, 1.165) is 27.5 Å². The third-order valence-corrected chi connectivity index (χ3v) is 5.81. The highest BCUT2D eigenvalue weighted by molar-refractivity contribution is 7.99. The van der Waals surface area contributed by atoms with Crippen LogP contribution >= 0.6 is 23.4 Å². The third-order valence-electron chi connectivity index (χ3n) is 4.66. The van der Waals surface area contributed by atoms with Crippen LogP contribution in [0.2, 0.25) is 5.02 Å². The van der Waals surface area contributed by atoms with Gasteiger partial charge >= 0.3 is 0 Å². The number of carbonyl (C=O) groups is 1. The highest BCUT2D eigenvalue weighted by Crippen LogP contribution is 2.39. The largest absolute Gasteiger partial charge is 0.372 e. The molecule has 1 amide bonds. The van der Waals surface area contributed by atoms with Gasteiger partial charge in [-0.1, -0.05) is 41.6 Å². The number of thioether (sulfide) groups is 1. The Labute approximate surface area is 183 Å². The second-order valence-electron chi connectivity index (χ2n) is 7.35. The zero-order valence-electron chi connectivity index (χ0n) is 16.7. The Morgan fingerprint density at radius 1 is 1.27 bits per heavy atom. The van der Waals surface area contributed by atoms with Crippen molar-refractivity contribution in [2.45, 2.75) is 44.7 Å². The van der Waals surface area contributed by atoms with Gasteiger partial charge in [0.25, 0.3) is 0 Å². The molecular weight excluding hydrogens is 422 g/mol. The van der Waals surface area contributed by atoms with Gasteiger partial charge < -0.3 is 15.8 Å². The standard InChI is InChI=1S/C21H22ClN5O2S/c1-11(2)24-16(28)6-7-30-21-26-19(25-20(23)27-21)18-14-5-3-4-12-9-29-10-13(17(12)14)8-15(18)22/h3-5,8,11H,6-7,9-10H2,1-2H3,(H,24,28)(H2,23,25,26,27). The van der Waals surface area contributed by atoms with E-state index in [1.165, 1.54) is 11.8 Å². The summed E-state index contributed by atoms with van der Waals surface area (Å²) in [6.07, 6.45) is 0.367. The van der Waals surface area contributed by atoms with E-state index in [4.69, 9.17) is 22.1 Å². The molecule has 7 nitrogen and oxygen atoms in total. The molecule has 1 aromatic heterocycles. The first-order chi connectivity index (χ1) is 14.4. The van der Waals surface area contributed by atoms with Crippen LogP contribution in [0.4, 0.5) is 5.95 Å². The first-order valence-electron chi connectivity index (χ1n) is 9.67. The number of hydrogen-bond donors (Lipinski definition) is 2. The maximum atomic E-state index is 11.9. The smallest absolute Gasteiger partial charge is 0.224 e. The lowest BCUT2D eigenvalue weighted by Gasteiger charge is -2.20. The van der Waals surface area contributed by atoms with E-state index in [-0.39, 0.29) is 17.9 Å². The summed E-state index contributed by atoms with van der Waals surface area (Å²) < 4.78 is 5.66. The Balaban J connectivity index is 1.67. The van der Waals surface area contributed by atoms with Gasteiger partial charge in [-0.3, -0.25) is 4.79 Å². The van der Waals surface area contributed by atoms with Crippen molar-refractivity contribution >= 4 is 46.0 Å². The molecule has 0 saturated heterocycles. The van der Waals surface area contributed by atoms with Crippen molar-refractivity contribution in [1.82, 2.24) is 20.3 Å². The minimum absolute atomic E-state index is 0.00594. The van der Waals surface area contributed by atoms with Crippen molar-refractivity contribution in [3.05, 3.63) is 40.4 Å². The summed E-state index contributed by atoms with van der Waals surface area (Å²) in [4.78, 5) is 25.0. The number of benzene rings is 2. The van der Waals surface area contributed by atoms with Crippen LogP contribution in [0.25, 0.3) is 22.2 Å². The molecular formula is C21H22ClN5O2S. The second kappa shape index (κ2) is 8.75. The number of hydrogen-bond acceptors (Lipinski definition) is 7. The van der Waals surface area contributed by atoms with E-state index in [1.54, 1.807) is 0 Å². The third kappa shape index (κ3) is 4.35. The van der Waals surface area contributed by atoms with Gasteiger partial charge in [-0.05, 0) is 41.8 Å². The molecule has 2 aromatic carbocycles. The average molecular weight is 444 g/mol. The molecule has 9 heteroatoms. The molecule has 3 aromatic rings. The Morgan fingerprint density at radius 2 is 2.07 bits per heavy atom. The summed E-state index contributed by atoms with van der Waals surface area (Å²) in [6.45, 7) is 4.94. The molecule has 0 bridgehead atoms. The Bertz CT molecular complexity index is 1120. The molecule has 0 saturated carbocycles. The SMILES string of the molecule is CC(C)NC(=O)CCSc1nc(N)nc(-c2c(Cl)cc3c4c(cccc24)COC3)n1. The molecule has 1 aliphatic heterocycles. The van der Waals surface area contributed by atoms with Gasteiger partial charge in [-0.15, -0.1) is 0 Å². The molecule has 2 heterocycles. The number of nitrogen functional groups attached to an aromatic ring is 1. The van der Waals surface area contributed by atoms with Crippen molar-refractivity contribution in [2.24, 2.45) is 0 Å². The lowest BCUT2D eigenvalue weighted by Crippen LogP contribution is -2.30. The maximum Gasteiger partial charge on any atom is 0.224 e. The molecule has 4 rings (SSSR count). The number of nitrogens with one attached hydrogen (secondary N) is 1. The summed E-state index contributed by atoms with van der Waals surface area (Å²) in [6, 6.07) is 8.06. The number of aromatic nitrogens is 3. The topological polar surface area (TPSA) is 103 Å². The number of nitrogens with two attached hydrogens (primary N) is 1. The number of nitrogens with zero attached hydrogens (tertiary/aromatic N) is 3. The molecule has 1 aliphatic rings. The van der Waals surface area contributed by atoms with Crippen LogP contribution in [0.5, 0.6) is 0 Å². The van der Waals surface area contributed by atoms with Crippen molar-refractivity contribution < 1.29 is 9.53 Å². The Kier molecular flexibility index (Phi) is 6.08. The maximum absolute atomic E-state index is 11.9. The van der Waals surface area contributed by atoms with Crippen LogP contribution in [0.1, 0.15) is 31.4 Å². The number of amides is 1. The monoisotopic (exact) mass is 443 g/mol. The fourth-order valence-electron chi connectivity index (χ4n) is 3.52. The number of anilines is 1.